The number of likely N-dealkylation sites (tertiary alicyclic amines) is 1. The van der Waals surface area contributed by atoms with Crippen molar-refractivity contribution in [1.82, 2.24) is 9.80 Å². The first kappa shape index (κ1) is 26.6. The fourth-order valence-corrected chi connectivity index (χ4v) is 6.83. The average Bonchev–Trinajstić information content (AvgIpc) is 3.29. The Morgan fingerprint density at radius 2 is 1.82 bits per heavy atom. The molecule has 0 aromatic heterocycles. The normalized spacial score (nSPS) is 34.6. The lowest BCUT2D eigenvalue weighted by atomic mass is 9.73. The summed E-state index contributed by atoms with van der Waals surface area (Å²) in [7, 11) is 0. The zero-order chi connectivity index (χ0) is 27.1. The van der Waals surface area contributed by atoms with Crippen molar-refractivity contribution >= 4 is 17.8 Å². The van der Waals surface area contributed by atoms with Crippen LogP contribution in [-0.2, 0) is 30.3 Å². The lowest BCUT2D eigenvalue weighted by Gasteiger charge is -2.41. The molecule has 2 saturated heterocycles. The van der Waals surface area contributed by atoms with E-state index in [1.54, 1.807) is 4.90 Å². The van der Waals surface area contributed by atoms with Gasteiger partial charge in [0.2, 0.25) is 11.8 Å². The van der Waals surface area contributed by atoms with E-state index in [0.29, 0.717) is 25.8 Å². The summed E-state index contributed by atoms with van der Waals surface area (Å²) in [4.78, 5) is 45.7. The molecule has 1 N–H and O–H groups in total. The molecule has 2 fully saturated rings. The molecule has 4 aliphatic heterocycles. The highest BCUT2D eigenvalue weighted by atomic mass is 16.6. The second kappa shape index (κ2) is 10.3. The minimum atomic E-state index is -1.36. The number of amides is 2. The van der Waals surface area contributed by atoms with Crippen molar-refractivity contribution in [1.29, 1.82) is 0 Å². The number of esters is 1. The lowest BCUT2D eigenvalue weighted by molar-refractivity contribution is -0.163. The van der Waals surface area contributed by atoms with Crippen LogP contribution in [0.3, 0.4) is 0 Å². The number of benzene rings is 1. The third kappa shape index (κ3) is 4.09. The van der Waals surface area contributed by atoms with E-state index in [-0.39, 0.29) is 31.1 Å². The Bertz CT molecular complexity index is 1130. The number of aliphatic hydroxyl groups excluding tert-OH is 1. The molecule has 2 amide bonds. The van der Waals surface area contributed by atoms with Gasteiger partial charge in [0.25, 0.3) is 0 Å². The van der Waals surface area contributed by atoms with Crippen LogP contribution < -0.4 is 0 Å². The monoisotopic (exact) mass is 522 g/mol. The van der Waals surface area contributed by atoms with Gasteiger partial charge in [0, 0.05) is 12.6 Å². The van der Waals surface area contributed by atoms with Gasteiger partial charge in [0.15, 0.2) is 0 Å². The summed E-state index contributed by atoms with van der Waals surface area (Å²) in [6.07, 6.45) is 9.89. The molecule has 1 aromatic carbocycles. The maximum absolute atomic E-state index is 14.5. The van der Waals surface area contributed by atoms with Crippen LogP contribution in [0.25, 0.3) is 0 Å². The number of hydrogen-bond acceptors (Lipinski definition) is 6. The number of carbonyl (C=O) groups excluding carboxylic acids is 3. The fourth-order valence-electron chi connectivity index (χ4n) is 6.83. The van der Waals surface area contributed by atoms with Crippen LogP contribution in [0.5, 0.6) is 0 Å². The maximum atomic E-state index is 14.5. The fraction of sp³-hybridized carbons (Fsp3) is 0.567. The average molecular weight is 523 g/mol. The number of ether oxygens (including phenoxy) is 2. The molecule has 0 bridgehead atoms. The molecular weight excluding hydrogens is 484 g/mol. The summed E-state index contributed by atoms with van der Waals surface area (Å²) in [5.74, 6) is -2.90. The van der Waals surface area contributed by atoms with E-state index < -0.39 is 41.1 Å². The molecule has 4 aliphatic rings. The van der Waals surface area contributed by atoms with E-state index in [1.807, 2.05) is 75.4 Å². The highest BCUT2D eigenvalue weighted by Crippen LogP contribution is 2.58. The minimum absolute atomic E-state index is 0.108. The predicted molar refractivity (Wildman–Crippen MR) is 141 cm³/mol. The van der Waals surface area contributed by atoms with E-state index in [4.69, 9.17) is 9.47 Å². The Kier molecular flexibility index (Phi) is 7.22. The van der Waals surface area contributed by atoms with Crippen molar-refractivity contribution in [3.63, 3.8) is 0 Å². The Balaban J connectivity index is 1.67. The predicted octanol–water partition coefficient (Wildman–Crippen LogP) is 2.65. The van der Waals surface area contributed by atoms with Gasteiger partial charge in [0.1, 0.15) is 23.2 Å². The number of hydrogen-bond donors (Lipinski definition) is 1. The topological polar surface area (TPSA) is 96.4 Å². The number of nitrogens with zero attached hydrogens (tertiary/aromatic N) is 2. The van der Waals surface area contributed by atoms with Crippen molar-refractivity contribution in [3.05, 3.63) is 60.2 Å². The second-order valence-corrected chi connectivity index (χ2v) is 11.1. The van der Waals surface area contributed by atoms with Crippen molar-refractivity contribution in [2.45, 2.75) is 75.8 Å². The van der Waals surface area contributed by atoms with Gasteiger partial charge in [-0.3, -0.25) is 14.4 Å². The largest absolute Gasteiger partial charge is 0.465 e. The lowest BCUT2D eigenvalue weighted by Crippen LogP contribution is -2.60. The molecule has 8 nitrogen and oxygen atoms in total. The van der Waals surface area contributed by atoms with E-state index >= 15 is 0 Å². The quantitative estimate of drug-likeness (QED) is 0.456. The van der Waals surface area contributed by atoms with Crippen molar-refractivity contribution in [3.8, 4) is 0 Å². The number of carbonyl (C=O) groups is 3. The minimum Gasteiger partial charge on any atom is -0.465 e. The summed E-state index contributed by atoms with van der Waals surface area (Å²) in [6, 6.07) is 7.82. The summed E-state index contributed by atoms with van der Waals surface area (Å²) >= 11 is 0. The summed E-state index contributed by atoms with van der Waals surface area (Å²) in [5.41, 5.74) is -1.49. The number of fused-ring (bicyclic) bond motifs is 2. The molecule has 38 heavy (non-hydrogen) atoms. The van der Waals surface area contributed by atoms with Gasteiger partial charge in [-0.25, -0.2) is 0 Å². The molecule has 1 aromatic rings. The first-order valence-corrected chi connectivity index (χ1v) is 13.8. The van der Waals surface area contributed by atoms with E-state index in [0.717, 1.165) is 12.0 Å². The van der Waals surface area contributed by atoms with Crippen LogP contribution in [0, 0.1) is 11.8 Å². The Hall–Kier alpha value is -2.97. The van der Waals surface area contributed by atoms with E-state index in [1.165, 1.54) is 4.90 Å². The number of rotatable bonds is 6. The Morgan fingerprint density at radius 3 is 2.50 bits per heavy atom. The molecular formula is C30H38N2O6. The van der Waals surface area contributed by atoms with Crippen molar-refractivity contribution < 1.29 is 29.0 Å². The van der Waals surface area contributed by atoms with Crippen LogP contribution in [-0.4, -0.2) is 81.8 Å². The zero-order valence-corrected chi connectivity index (χ0v) is 22.4. The van der Waals surface area contributed by atoms with Crippen molar-refractivity contribution in [2.75, 3.05) is 19.8 Å². The highest BCUT2D eigenvalue weighted by molar-refractivity contribution is 5.99. The van der Waals surface area contributed by atoms with E-state index in [9.17, 15) is 19.5 Å². The van der Waals surface area contributed by atoms with Crippen LogP contribution in [0.2, 0.25) is 0 Å². The smallest absolute Gasteiger partial charge is 0.313 e. The molecule has 8 heteroatoms. The second-order valence-electron chi connectivity index (χ2n) is 11.1. The molecule has 4 heterocycles. The first-order chi connectivity index (χ1) is 18.3. The van der Waals surface area contributed by atoms with Gasteiger partial charge in [0.05, 0.1) is 25.2 Å². The van der Waals surface area contributed by atoms with E-state index in [2.05, 4.69) is 0 Å². The molecule has 1 unspecified atom stereocenters. The first-order valence-electron chi connectivity index (χ1n) is 13.8. The third-order valence-electron chi connectivity index (χ3n) is 8.64. The van der Waals surface area contributed by atoms with Crippen LogP contribution >= 0.6 is 0 Å². The van der Waals surface area contributed by atoms with Crippen LogP contribution in [0.1, 0.15) is 45.6 Å². The van der Waals surface area contributed by atoms with Gasteiger partial charge < -0.3 is 24.4 Å². The Labute approximate surface area is 224 Å². The number of cyclic esters (lactones) is 1. The van der Waals surface area contributed by atoms with Gasteiger partial charge in [-0.05, 0) is 45.1 Å². The highest BCUT2D eigenvalue weighted by Gasteiger charge is 2.75. The van der Waals surface area contributed by atoms with Crippen LogP contribution in [0.4, 0.5) is 0 Å². The zero-order valence-electron chi connectivity index (χ0n) is 22.4. The molecule has 0 saturated carbocycles. The molecule has 1 spiro atoms. The summed E-state index contributed by atoms with van der Waals surface area (Å²) in [6.45, 7) is 6.13. The van der Waals surface area contributed by atoms with Gasteiger partial charge >= 0.3 is 5.97 Å². The molecule has 0 aliphatic carbocycles. The number of allylic oxidation sites excluding steroid dienone is 1. The standard InChI is InChI=1S/C30H38N2O6/c1-4-29-14-9-6-10-17-37-28(36)24(29)23-26(34)32(22(19-33)18-21-12-7-5-8-13-21)25-27(35)31(20(2)3)16-11-15-30(23,25)38-29/h5,7-9,11-15,20,22-25,33H,4,6,10,16-19H2,1-3H3/b14-9-/t22-,23+,24+,25?,29-,30+/m1/s1. The molecule has 0 radical (unpaired) electrons. The number of aliphatic hydroxyl groups is 1. The van der Waals surface area contributed by atoms with Gasteiger partial charge in [-0.15, -0.1) is 0 Å². The van der Waals surface area contributed by atoms with Crippen LogP contribution in [0.15, 0.2) is 54.6 Å². The Morgan fingerprint density at radius 1 is 1.05 bits per heavy atom. The van der Waals surface area contributed by atoms with Gasteiger partial charge in [-0.1, -0.05) is 61.6 Å². The molecule has 5 rings (SSSR count). The van der Waals surface area contributed by atoms with Gasteiger partial charge in [-0.2, -0.15) is 0 Å². The van der Waals surface area contributed by atoms with Crippen molar-refractivity contribution in [2.24, 2.45) is 11.8 Å². The summed E-state index contributed by atoms with van der Waals surface area (Å²) in [5, 5.41) is 10.6. The third-order valence-corrected chi connectivity index (χ3v) is 8.64. The maximum Gasteiger partial charge on any atom is 0.313 e. The molecule has 204 valence electrons. The SMILES string of the molecule is CC[C@@]12/C=C\CCCOC(=O)[C@@H]1[C@H]1C(=O)N([C@@H](CO)Cc3ccccc3)C3C(=O)N(C(C)C)CC=C[C@@]31O2. The summed E-state index contributed by atoms with van der Waals surface area (Å²) < 4.78 is 12.6. The molecule has 6 atom stereocenters.